The first kappa shape index (κ1) is 100. The Balaban J connectivity index is 0.000000219. The van der Waals surface area contributed by atoms with Crippen molar-refractivity contribution in [3.05, 3.63) is 75.3 Å². The van der Waals surface area contributed by atoms with Crippen LogP contribution in [-0.2, 0) is 66.4 Å². The number of ether oxygens (including phenoxy) is 12. The Hall–Kier alpha value is -5.08. The van der Waals surface area contributed by atoms with Crippen molar-refractivity contribution in [2.45, 2.75) is 291 Å². The third-order valence-electron chi connectivity index (χ3n) is 20.9. The molecule has 8 aliphatic rings. The maximum atomic E-state index is 12.6. The van der Waals surface area contributed by atoms with Crippen LogP contribution in [0.25, 0.3) is 0 Å². The number of rotatable bonds is 27. The van der Waals surface area contributed by atoms with Crippen molar-refractivity contribution in [1.29, 1.82) is 0 Å². The maximum absolute atomic E-state index is 12.6. The van der Waals surface area contributed by atoms with Crippen LogP contribution >= 0.6 is 0 Å². The number of aliphatic hydroxyl groups excluding tert-OH is 28. The van der Waals surface area contributed by atoms with E-state index in [9.17, 15) is 172 Å². The summed E-state index contributed by atoms with van der Waals surface area (Å²) in [5.41, 5.74) is 1.27. The SMILES string of the molecule is CC(=O)C[C@@H]1O[C@H](CO)[C@@H](O[C@@H]2O[C@H](CO)[C@@H](O)[C@H](O)[C@H]2O)[C@H](O)[C@H]1O.CC(=O)C[C@@H]1O[C@H](CO)[C@@H](O[C@H]2O[C@H](CO)[C@@H](O)[C@H](O)[C@H]2O)[C@H](O)[C@H]1O.Cc1ccc(C(=O)C[C@@H]2O[C@H](CO)[C@@H](O[C@@H]3O[C@H](CO)[C@H](O)[C@H](O)[C@H]3O)[C@H](O)[C@H]2O)cc1.O=C(C[C@@H]1O[C@H](CO)[C@@H](O[C@@H]2O[C@H](CO)[C@H](O)[C@H](O)[C@H]2O)[C@H](O)[C@H]1O)c1ccc([N+](=O)[O-])cc1. The number of hydrogen-bond acceptors (Lipinski definition) is 46. The van der Waals surface area contributed by atoms with Gasteiger partial charge in [-0.25, -0.2) is 0 Å². The van der Waals surface area contributed by atoms with Crippen LogP contribution in [0.3, 0.4) is 0 Å². The van der Waals surface area contributed by atoms with E-state index in [0.29, 0.717) is 5.56 Å². The fraction of sp³-hybridized carbons (Fsp3) is 0.775. The number of non-ortho nitro benzene ring substituents is 1. The van der Waals surface area contributed by atoms with Gasteiger partial charge in [0.15, 0.2) is 36.7 Å². The van der Waals surface area contributed by atoms with Crippen LogP contribution in [0.1, 0.15) is 65.8 Å². The summed E-state index contributed by atoms with van der Waals surface area (Å²) in [6, 6.07) is 11.6. The first-order valence-electron chi connectivity index (χ1n) is 37.4. The number of carbonyl (C=O) groups excluding carboxylic acids is 4. The fourth-order valence-corrected chi connectivity index (χ4v) is 14.0. The van der Waals surface area contributed by atoms with Gasteiger partial charge in [0.25, 0.3) is 5.69 Å². The molecule has 0 spiro atoms. The van der Waals surface area contributed by atoms with Crippen LogP contribution in [0.4, 0.5) is 5.69 Å². The molecule has 2 aromatic carbocycles. The molecular weight excluding hydrogens is 1600 g/mol. The van der Waals surface area contributed by atoms with Crippen LogP contribution < -0.4 is 0 Å². The molecule has 2 aromatic rings. The highest BCUT2D eigenvalue weighted by Crippen LogP contribution is 2.37. The lowest BCUT2D eigenvalue weighted by Gasteiger charge is -2.46. The van der Waals surface area contributed by atoms with Crippen molar-refractivity contribution >= 4 is 28.8 Å². The molecule has 8 aliphatic heterocycles. The van der Waals surface area contributed by atoms with Crippen molar-refractivity contribution in [1.82, 2.24) is 0 Å². The molecular formula is C71H109NO46. The van der Waals surface area contributed by atoms with Crippen molar-refractivity contribution in [2.24, 2.45) is 0 Å². The molecule has 47 nitrogen and oxygen atoms in total. The molecule has 0 amide bonds. The van der Waals surface area contributed by atoms with Crippen LogP contribution in [0.15, 0.2) is 48.5 Å². The average molecular weight is 1710 g/mol. The van der Waals surface area contributed by atoms with Crippen molar-refractivity contribution < 1.29 is 224 Å². The zero-order chi connectivity index (χ0) is 87.9. The van der Waals surface area contributed by atoms with Gasteiger partial charge in [0.05, 0.1) is 82.2 Å². The zero-order valence-corrected chi connectivity index (χ0v) is 63.5. The lowest BCUT2D eigenvalue weighted by atomic mass is 9.91. The molecule has 8 fully saturated rings. The second-order valence-electron chi connectivity index (χ2n) is 29.4. The summed E-state index contributed by atoms with van der Waals surface area (Å²) in [6.45, 7) is -0.907. The van der Waals surface area contributed by atoms with E-state index in [4.69, 9.17) is 56.8 Å². The molecule has 28 N–H and O–H groups in total. The quantitative estimate of drug-likeness (QED) is 0.0224. The molecule has 40 atom stereocenters. The maximum Gasteiger partial charge on any atom is 0.269 e. The summed E-state index contributed by atoms with van der Waals surface area (Å²) in [4.78, 5) is 57.7. The number of carbonyl (C=O) groups is 4. The number of aryl methyl sites for hydroxylation is 1. The Morgan fingerprint density at radius 1 is 0.288 bits per heavy atom. The molecule has 0 aliphatic carbocycles. The monoisotopic (exact) mass is 1710 g/mol. The van der Waals surface area contributed by atoms with E-state index in [1.165, 1.54) is 26.0 Å². The van der Waals surface area contributed by atoms with Crippen LogP contribution in [-0.4, -0.2) is 469 Å². The van der Waals surface area contributed by atoms with E-state index >= 15 is 0 Å². The van der Waals surface area contributed by atoms with E-state index < -0.39 is 315 Å². The molecule has 8 saturated heterocycles. The summed E-state index contributed by atoms with van der Waals surface area (Å²) < 4.78 is 64.6. The van der Waals surface area contributed by atoms with E-state index in [-0.39, 0.29) is 47.9 Å². The lowest BCUT2D eigenvalue weighted by Crippen LogP contribution is -2.64. The van der Waals surface area contributed by atoms with Gasteiger partial charge in [-0.3, -0.25) is 29.3 Å². The molecule has 674 valence electrons. The smallest absolute Gasteiger partial charge is 0.269 e. The van der Waals surface area contributed by atoms with Crippen LogP contribution in [0.2, 0.25) is 0 Å². The minimum absolute atomic E-state index is 0.108. The molecule has 0 saturated carbocycles. The first-order chi connectivity index (χ1) is 55.7. The highest BCUT2D eigenvalue weighted by atomic mass is 16.8. The van der Waals surface area contributed by atoms with Gasteiger partial charge in [-0.2, -0.15) is 0 Å². The van der Waals surface area contributed by atoms with E-state index in [0.717, 1.165) is 17.7 Å². The molecule has 0 radical (unpaired) electrons. The molecule has 47 heteroatoms. The molecule has 0 unspecified atom stereocenters. The van der Waals surface area contributed by atoms with Gasteiger partial charge >= 0.3 is 0 Å². The Morgan fingerprint density at radius 3 is 0.695 bits per heavy atom. The van der Waals surface area contributed by atoms with E-state index in [1.54, 1.807) is 24.3 Å². The molecule has 8 heterocycles. The summed E-state index contributed by atoms with van der Waals surface area (Å²) in [6.07, 6.45) is -60.3. The average Bonchev–Trinajstić information content (AvgIpc) is 0.794. The predicted molar refractivity (Wildman–Crippen MR) is 378 cm³/mol. The fourth-order valence-electron chi connectivity index (χ4n) is 14.0. The second-order valence-corrected chi connectivity index (χ2v) is 29.4. The molecule has 0 bridgehead atoms. The van der Waals surface area contributed by atoms with Gasteiger partial charge in [-0.1, -0.05) is 29.8 Å². The number of hydrogen-bond donors (Lipinski definition) is 28. The van der Waals surface area contributed by atoms with E-state index in [1.807, 2.05) is 6.92 Å². The number of nitro groups is 1. The highest BCUT2D eigenvalue weighted by Gasteiger charge is 2.56. The number of ketones is 4. The summed E-state index contributed by atoms with van der Waals surface area (Å²) >= 11 is 0. The highest BCUT2D eigenvalue weighted by molar-refractivity contribution is 5.97. The predicted octanol–water partition coefficient (Wildman–Crippen LogP) is -14.7. The van der Waals surface area contributed by atoms with E-state index in [2.05, 4.69) is 0 Å². The summed E-state index contributed by atoms with van der Waals surface area (Å²) in [7, 11) is 0. The van der Waals surface area contributed by atoms with Gasteiger partial charge in [0, 0.05) is 48.9 Å². The normalized spacial score (nSPS) is 42.7. The third kappa shape index (κ3) is 24.3. The summed E-state index contributed by atoms with van der Waals surface area (Å²) in [5, 5.41) is 288. The minimum atomic E-state index is -1.79. The number of nitrogens with zero attached hydrogens (tertiary/aromatic N) is 1. The van der Waals surface area contributed by atoms with Gasteiger partial charge in [-0.05, 0) is 32.9 Å². The van der Waals surface area contributed by atoms with Gasteiger partial charge in [-0.15, -0.1) is 0 Å². The first-order valence-corrected chi connectivity index (χ1v) is 37.4. The number of benzene rings is 2. The Morgan fingerprint density at radius 2 is 0.492 bits per heavy atom. The van der Waals surface area contributed by atoms with Gasteiger partial charge < -0.3 is 200 Å². The number of Topliss-reactive ketones (excluding diaryl/α,β-unsaturated/α-hetero) is 4. The Kier molecular flexibility index (Phi) is 38.6. The molecule has 0 aromatic heterocycles. The number of aliphatic hydroxyl groups is 28. The second kappa shape index (κ2) is 45.5. The lowest BCUT2D eigenvalue weighted by molar-refractivity contribution is -0.384. The molecule has 10 rings (SSSR count). The van der Waals surface area contributed by atoms with Gasteiger partial charge in [0.1, 0.15) is 207 Å². The standard InChI is InChI=1S/C21H30O11.C20H27NO13.2C15H26O11/c1-9-2-4-10(5-3-9)11(24)6-12-15(25)18(28)20(14(8-23)30-12)32-21-19(29)17(27)16(26)13(7-22)31-21;22-6-12-15(26)16(27)18(29)20(33-12)34-19-13(7-23)32-11(14(25)17(19)28)5-10(24)8-1-3-9(4-2-8)21(30)31;2*1-5(18)2-6-9(19)12(22)14(8(4-17)24-6)26-15-13(23)11(21)10(20)7(3-16)25-15/h2-5,12-23,25-29H,6-8H2,1H3;1-4,11-20,22-23,25-29H,5-7H2;2*6-17,19-23H,2-4H2,1H3/t12-,13+,14+,15-,16-,17-,18+,19+,20+,21-;11-,12+,13+,14-,15-,16-,17+,18+,19+,20-;6-,7+,8+,9-,10+,11-,12+,13+,14+,15+;6-,7+,8+,9-,10+,11-,12+,13+,14+,15-/m0000/s1. The third-order valence-corrected chi connectivity index (χ3v) is 20.9. The summed E-state index contributed by atoms with van der Waals surface area (Å²) in [5.74, 6) is -1.44. The minimum Gasteiger partial charge on any atom is -0.394 e. The van der Waals surface area contributed by atoms with Crippen molar-refractivity contribution in [3.8, 4) is 0 Å². The van der Waals surface area contributed by atoms with Crippen LogP contribution in [0.5, 0.6) is 0 Å². The number of nitro benzene ring substituents is 1. The van der Waals surface area contributed by atoms with Crippen molar-refractivity contribution in [3.63, 3.8) is 0 Å². The Bertz CT molecular complexity index is 3310. The van der Waals surface area contributed by atoms with Gasteiger partial charge in [0.2, 0.25) is 0 Å². The van der Waals surface area contributed by atoms with Crippen LogP contribution in [0, 0.1) is 17.0 Å². The molecule has 118 heavy (non-hydrogen) atoms. The van der Waals surface area contributed by atoms with Crippen molar-refractivity contribution in [2.75, 3.05) is 52.9 Å². The largest absolute Gasteiger partial charge is 0.394 e. The topological polar surface area (TPSA) is 789 Å². The Labute approximate surface area is 670 Å². The zero-order valence-electron chi connectivity index (χ0n) is 63.5.